The van der Waals surface area contributed by atoms with Gasteiger partial charge in [0.05, 0.1) is 6.07 Å². The van der Waals surface area contributed by atoms with Gasteiger partial charge in [-0.05, 0) is 38.3 Å². The van der Waals surface area contributed by atoms with E-state index in [9.17, 15) is 0 Å². The summed E-state index contributed by atoms with van der Waals surface area (Å²) >= 11 is 0. The molecule has 0 aliphatic carbocycles. The number of nitrogens with zero attached hydrogens (tertiary/aromatic N) is 1. The van der Waals surface area contributed by atoms with E-state index in [0.717, 1.165) is 31.4 Å². The first-order chi connectivity index (χ1) is 8.77. The molecule has 2 N–H and O–H groups in total. The quantitative estimate of drug-likeness (QED) is 0.545. The first-order valence-corrected chi connectivity index (χ1v) is 6.43. The highest BCUT2D eigenvalue weighted by atomic mass is 14.9. The molecule has 1 aromatic carbocycles. The Morgan fingerprint density at radius 1 is 1.33 bits per heavy atom. The lowest BCUT2D eigenvalue weighted by Crippen LogP contribution is -2.35. The number of unbranched alkanes of at least 4 members (excludes halogenated alkanes) is 2. The van der Waals surface area contributed by atoms with Crippen LogP contribution in [0.3, 0.4) is 0 Å². The van der Waals surface area contributed by atoms with E-state index in [1.807, 2.05) is 25.2 Å². The van der Waals surface area contributed by atoms with Gasteiger partial charge in [-0.25, -0.2) is 0 Å². The van der Waals surface area contributed by atoms with Gasteiger partial charge in [-0.2, -0.15) is 5.26 Å². The molecule has 0 bridgehead atoms. The molecule has 0 aromatic heterocycles. The minimum Gasteiger partial charge on any atom is -0.312 e. The van der Waals surface area contributed by atoms with Gasteiger partial charge in [0.1, 0.15) is 0 Å². The summed E-state index contributed by atoms with van der Waals surface area (Å²) in [5.41, 5.74) is 1.98. The SMILES string of the molecule is CNC(Cc1ccccc1)C(=N)CCCCC#N. The second-order valence-corrected chi connectivity index (χ2v) is 4.42. The minimum absolute atomic E-state index is 0.106. The normalized spacial score (nSPS) is 11.8. The van der Waals surface area contributed by atoms with Gasteiger partial charge in [0.15, 0.2) is 0 Å². The second kappa shape index (κ2) is 8.43. The van der Waals surface area contributed by atoms with Gasteiger partial charge in [-0.15, -0.1) is 0 Å². The summed E-state index contributed by atoms with van der Waals surface area (Å²) in [7, 11) is 1.90. The Kier molecular flexibility index (Phi) is 6.75. The van der Waals surface area contributed by atoms with Crippen LogP contribution in [-0.4, -0.2) is 18.8 Å². The van der Waals surface area contributed by atoms with Crippen LogP contribution in [0.15, 0.2) is 30.3 Å². The zero-order valence-corrected chi connectivity index (χ0v) is 10.9. The lowest BCUT2D eigenvalue weighted by atomic mass is 9.98. The molecule has 3 heteroatoms. The molecule has 1 aromatic rings. The third-order valence-corrected chi connectivity index (χ3v) is 3.04. The minimum atomic E-state index is 0.106. The molecular weight excluding hydrogens is 222 g/mol. The Hall–Kier alpha value is -1.66. The number of likely N-dealkylation sites (N-methyl/N-ethyl adjacent to an activating group) is 1. The van der Waals surface area contributed by atoms with Gasteiger partial charge in [-0.1, -0.05) is 30.3 Å². The summed E-state index contributed by atoms with van der Waals surface area (Å²) in [5.74, 6) is 0. The van der Waals surface area contributed by atoms with Crippen LogP contribution < -0.4 is 5.32 Å². The van der Waals surface area contributed by atoms with Crippen LogP contribution in [0, 0.1) is 16.7 Å². The molecule has 1 rings (SSSR count). The zero-order chi connectivity index (χ0) is 13.2. The molecule has 0 heterocycles. The van der Waals surface area contributed by atoms with E-state index < -0.39 is 0 Å². The van der Waals surface area contributed by atoms with Crippen molar-refractivity contribution >= 4 is 5.71 Å². The Morgan fingerprint density at radius 3 is 2.67 bits per heavy atom. The predicted molar refractivity (Wildman–Crippen MR) is 74.8 cm³/mol. The molecule has 1 unspecified atom stereocenters. The maximum atomic E-state index is 8.47. The molecule has 0 aliphatic heterocycles. The molecule has 0 radical (unpaired) electrons. The van der Waals surface area contributed by atoms with E-state index in [2.05, 4.69) is 23.5 Å². The van der Waals surface area contributed by atoms with Crippen molar-refractivity contribution in [3.05, 3.63) is 35.9 Å². The Bertz CT molecular complexity index is 392. The molecule has 96 valence electrons. The van der Waals surface area contributed by atoms with Crippen molar-refractivity contribution in [3.8, 4) is 6.07 Å². The van der Waals surface area contributed by atoms with E-state index in [-0.39, 0.29) is 6.04 Å². The molecule has 1 atom stereocenters. The standard InChI is InChI=1S/C15H21N3/c1-18-15(12-13-8-4-2-5-9-13)14(17)10-6-3-7-11-16/h2,4-5,8-9,15,17-18H,3,6-7,10,12H2,1H3. The summed E-state index contributed by atoms with van der Waals surface area (Å²) in [6, 6.07) is 12.5. The second-order valence-electron chi connectivity index (χ2n) is 4.42. The Labute approximate surface area is 109 Å². The maximum Gasteiger partial charge on any atom is 0.0621 e. The van der Waals surface area contributed by atoms with Crippen molar-refractivity contribution in [3.63, 3.8) is 0 Å². The van der Waals surface area contributed by atoms with E-state index in [1.165, 1.54) is 5.56 Å². The largest absolute Gasteiger partial charge is 0.312 e. The van der Waals surface area contributed by atoms with Crippen LogP contribution in [0.2, 0.25) is 0 Å². The molecule has 0 fully saturated rings. The van der Waals surface area contributed by atoms with E-state index in [0.29, 0.717) is 6.42 Å². The highest BCUT2D eigenvalue weighted by Crippen LogP contribution is 2.08. The molecule has 3 nitrogen and oxygen atoms in total. The van der Waals surface area contributed by atoms with Crippen molar-refractivity contribution in [1.82, 2.24) is 5.32 Å². The third kappa shape index (κ3) is 5.11. The molecule has 0 saturated carbocycles. The lowest BCUT2D eigenvalue weighted by molar-refractivity contribution is 0.665. The molecular formula is C15H21N3. The summed E-state index contributed by atoms with van der Waals surface area (Å²) in [5, 5.41) is 19.8. The zero-order valence-electron chi connectivity index (χ0n) is 10.9. The molecule has 0 aliphatic rings. The summed E-state index contributed by atoms with van der Waals surface area (Å²) in [6.07, 6.45) is 4.05. The van der Waals surface area contributed by atoms with Gasteiger partial charge in [-0.3, -0.25) is 0 Å². The van der Waals surface area contributed by atoms with Gasteiger partial charge < -0.3 is 10.7 Å². The fourth-order valence-corrected chi connectivity index (χ4v) is 1.94. The Morgan fingerprint density at radius 2 is 2.06 bits per heavy atom. The summed E-state index contributed by atoms with van der Waals surface area (Å²) in [4.78, 5) is 0. The topological polar surface area (TPSA) is 59.7 Å². The predicted octanol–water partition coefficient (Wildman–Crippen LogP) is 2.92. The van der Waals surface area contributed by atoms with Crippen LogP contribution in [0.25, 0.3) is 0 Å². The highest BCUT2D eigenvalue weighted by Gasteiger charge is 2.12. The highest BCUT2D eigenvalue weighted by molar-refractivity contribution is 5.86. The molecule has 0 spiro atoms. The van der Waals surface area contributed by atoms with E-state index in [1.54, 1.807) is 0 Å². The van der Waals surface area contributed by atoms with Crippen LogP contribution in [0.1, 0.15) is 31.2 Å². The Balaban J connectivity index is 2.41. The summed E-state index contributed by atoms with van der Waals surface area (Å²) < 4.78 is 0. The van der Waals surface area contributed by atoms with Crippen LogP contribution in [-0.2, 0) is 6.42 Å². The van der Waals surface area contributed by atoms with E-state index >= 15 is 0 Å². The average Bonchev–Trinajstić information content (AvgIpc) is 2.42. The van der Waals surface area contributed by atoms with Crippen molar-refractivity contribution in [2.24, 2.45) is 0 Å². The number of rotatable bonds is 8. The van der Waals surface area contributed by atoms with Gasteiger partial charge in [0.2, 0.25) is 0 Å². The van der Waals surface area contributed by atoms with Gasteiger partial charge in [0.25, 0.3) is 0 Å². The number of nitriles is 1. The van der Waals surface area contributed by atoms with Gasteiger partial charge >= 0.3 is 0 Å². The molecule has 0 amide bonds. The summed E-state index contributed by atoms with van der Waals surface area (Å²) in [6.45, 7) is 0. The third-order valence-electron chi connectivity index (χ3n) is 3.04. The fourth-order valence-electron chi connectivity index (χ4n) is 1.94. The van der Waals surface area contributed by atoms with Crippen molar-refractivity contribution in [2.45, 2.75) is 38.1 Å². The monoisotopic (exact) mass is 243 g/mol. The first-order valence-electron chi connectivity index (χ1n) is 6.43. The molecule has 18 heavy (non-hydrogen) atoms. The fraction of sp³-hybridized carbons (Fsp3) is 0.467. The number of nitrogens with one attached hydrogen (secondary N) is 2. The number of benzene rings is 1. The smallest absolute Gasteiger partial charge is 0.0621 e. The number of hydrogen-bond donors (Lipinski definition) is 2. The van der Waals surface area contributed by atoms with Gasteiger partial charge in [0, 0.05) is 18.2 Å². The van der Waals surface area contributed by atoms with Crippen molar-refractivity contribution in [1.29, 1.82) is 10.7 Å². The van der Waals surface area contributed by atoms with Crippen molar-refractivity contribution < 1.29 is 0 Å². The van der Waals surface area contributed by atoms with Crippen LogP contribution >= 0.6 is 0 Å². The van der Waals surface area contributed by atoms with Crippen molar-refractivity contribution in [2.75, 3.05) is 7.05 Å². The maximum absolute atomic E-state index is 8.47. The molecule has 0 saturated heterocycles. The van der Waals surface area contributed by atoms with Crippen LogP contribution in [0.5, 0.6) is 0 Å². The first kappa shape index (κ1) is 14.4. The lowest BCUT2D eigenvalue weighted by Gasteiger charge is -2.17. The van der Waals surface area contributed by atoms with Crippen LogP contribution in [0.4, 0.5) is 0 Å². The number of hydrogen-bond acceptors (Lipinski definition) is 3. The average molecular weight is 243 g/mol. The van der Waals surface area contributed by atoms with E-state index in [4.69, 9.17) is 10.7 Å².